The number of amides is 2. The van der Waals surface area contributed by atoms with Gasteiger partial charge in [-0.25, -0.2) is 10.1 Å². The highest BCUT2D eigenvalue weighted by Crippen LogP contribution is 2.12. The average Bonchev–Trinajstić information content (AvgIpc) is 2.66. The van der Waals surface area contributed by atoms with E-state index in [1.807, 2.05) is 45.9 Å². The lowest BCUT2D eigenvalue weighted by Gasteiger charge is -2.19. The van der Waals surface area contributed by atoms with Crippen LogP contribution in [0.5, 0.6) is 0 Å². The third-order valence-corrected chi connectivity index (χ3v) is 4.52. The highest BCUT2D eigenvalue weighted by molar-refractivity contribution is 5.88. The normalized spacial score (nSPS) is 11.5. The fourth-order valence-corrected chi connectivity index (χ4v) is 2.82. The molecule has 2 amide bonds. The van der Waals surface area contributed by atoms with Gasteiger partial charge >= 0.3 is 0 Å². The molecule has 10 nitrogen and oxygen atoms in total. The molecule has 1 aromatic carbocycles. The molecule has 1 atom stereocenters. The van der Waals surface area contributed by atoms with Crippen molar-refractivity contribution in [2.24, 2.45) is 5.92 Å². The minimum absolute atomic E-state index is 0.169. The highest BCUT2D eigenvalue weighted by atomic mass is 16.7. The molecule has 0 aliphatic heterocycles. The second-order valence-corrected chi connectivity index (χ2v) is 7.88. The first-order chi connectivity index (χ1) is 14.6. The van der Waals surface area contributed by atoms with E-state index in [-0.39, 0.29) is 24.8 Å². The van der Waals surface area contributed by atoms with Crippen molar-refractivity contribution in [2.75, 3.05) is 6.54 Å². The molecular formula is C21H33N6O4. The molecule has 0 aliphatic carbocycles. The molecule has 0 fully saturated rings. The number of rotatable bonds is 12. The number of carbonyl (C=O) groups is 2. The van der Waals surface area contributed by atoms with E-state index in [0.717, 1.165) is 16.7 Å². The van der Waals surface area contributed by atoms with Crippen LogP contribution in [0.3, 0.4) is 0 Å². The summed E-state index contributed by atoms with van der Waals surface area (Å²) in [6.07, 6.45) is 1.62. The summed E-state index contributed by atoms with van der Waals surface area (Å²) in [4.78, 5) is 35.5. The monoisotopic (exact) mass is 433 g/mol. The van der Waals surface area contributed by atoms with Gasteiger partial charge < -0.3 is 16.0 Å². The third-order valence-electron chi connectivity index (χ3n) is 4.52. The number of benzene rings is 1. The molecule has 0 bridgehead atoms. The maximum Gasteiger partial charge on any atom is 0.251 e. The van der Waals surface area contributed by atoms with Gasteiger partial charge in [-0.2, -0.15) is 0 Å². The highest BCUT2D eigenvalue weighted by Gasteiger charge is 2.21. The molecule has 1 rings (SSSR count). The molecule has 0 spiro atoms. The van der Waals surface area contributed by atoms with Crippen LogP contribution in [0, 0.1) is 41.8 Å². The molecular weight excluding hydrogens is 400 g/mol. The van der Waals surface area contributed by atoms with Crippen LogP contribution in [0.25, 0.3) is 0 Å². The summed E-state index contributed by atoms with van der Waals surface area (Å²) in [6, 6.07) is 5.15. The predicted octanol–water partition coefficient (Wildman–Crippen LogP) is 1.74. The quantitative estimate of drug-likeness (QED) is 0.111. The number of hydrazine groups is 1. The van der Waals surface area contributed by atoms with Crippen molar-refractivity contribution in [3.05, 3.63) is 51.5 Å². The lowest BCUT2D eigenvalue weighted by atomic mass is 10.0. The van der Waals surface area contributed by atoms with Crippen molar-refractivity contribution in [2.45, 2.75) is 59.4 Å². The van der Waals surface area contributed by atoms with Crippen LogP contribution in [0.1, 0.15) is 49.8 Å². The van der Waals surface area contributed by atoms with Gasteiger partial charge in [0.1, 0.15) is 6.04 Å². The standard InChI is InChI=1S/C21H33N6O4/c1-14(2)9-11-23-20(29)18(6-5-10-24-21(22)26-27(30)31)25-19(28)13-17-12-15(3)7-8-16(17)4/h7-8,11-12,14,18H,5-6,9-10,13H2,1-4H3,(H,23,29)(H,25,28)(H3,22,24,26)/t18-/m0/s1. The second kappa shape index (κ2) is 13.2. The molecule has 0 aromatic heterocycles. The topological polar surface area (TPSA) is 149 Å². The average molecular weight is 434 g/mol. The summed E-state index contributed by atoms with van der Waals surface area (Å²) in [6.45, 7) is 9.89. The van der Waals surface area contributed by atoms with Gasteiger partial charge in [0, 0.05) is 13.1 Å². The van der Waals surface area contributed by atoms with Gasteiger partial charge in [0.25, 0.3) is 5.96 Å². The Balaban J connectivity index is 2.66. The van der Waals surface area contributed by atoms with Gasteiger partial charge in [0.05, 0.1) is 6.42 Å². The van der Waals surface area contributed by atoms with Crippen LogP contribution in [-0.4, -0.2) is 35.4 Å². The van der Waals surface area contributed by atoms with Gasteiger partial charge in [0.15, 0.2) is 5.03 Å². The van der Waals surface area contributed by atoms with E-state index >= 15 is 0 Å². The van der Waals surface area contributed by atoms with Gasteiger partial charge in [-0.3, -0.25) is 15.0 Å². The van der Waals surface area contributed by atoms with Crippen molar-refractivity contribution in [1.29, 1.82) is 5.41 Å². The molecule has 0 heterocycles. The Bertz CT molecular complexity index is 781. The fourth-order valence-electron chi connectivity index (χ4n) is 2.82. The van der Waals surface area contributed by atoms with Crippen LogP contribution in [0.2, 0.25) is 0 Å². The Morgan fingerprint density at radius 2 is 1.97 bits per heavy atom. The molecule has 171 valence electrons. The number of nitrogens with zero attached hydrogens (tertiary/aromatic N) is 1. The van der Waals surface area contributed by atoms with Gasteiger partial charge in [0.2, 0.25) is 11.8 Å². The predicted molar refractivity (Wildman–Crippen MR) is 119 cm³/mol. The van der Waals surface area contributed by atoms with E-state index in [2.05, 4.69) is 16.0 Å². The number of aryl methyl sites for hydroxylation is 2. The van der Waals surface area contributed by atoms with Crippen molar-refractivity contribution in [1.82, 2.24) is 21.4 Å². The van der Waals surface area contributed by atoms with E-state index in [0.29, 0.717) is 25.2 Å². The zero-order valence-corrected chi connectivity index (χ0v) is 18.6. The second-order valence-electron chi connectivity index (χ2n) is 7.88. The van der Waals surface area contributed by atoms with Crippen molar-refractivity contribution < 1.29 is 14.6 Å². The lowest BCUT2D eigenvalue weighted by molar-refractivity contribution is -0.525. The Labute approximate surface area is 183 Å². The summed E-state index contributed by atoms with van der Waals surface area (Å²) in [7, 11) is 0. The minimum Gasteiger partial charge on any atom is -0.352 e. The first-order valence-electron chi connectivity index (χ1n) is 10.3. The summed E-state index contributed by atoms with van der Waals surface area (Å²) >= 11 is 0. The van der Waals surface area contributed by atoms with Crippen LogP contribution in [0.15, 0.2) is 18.2 Å². The van der Waals surface area contributed by atoms with E-state index in [4.69, 9.17) is 5.41 Å². The Morgan fingerprint density at radius 1 is 1.26 bits per heavy atom. The molecule has 31 heavy (non-hydrogen) atoms. The van der Waals surface area contributed by atoms with Crippen LogP contribution < -0.4 is 21.4 Å². The zero-order valence-electron chi connectivity index (χ0n) is 18.6. The smallest absolute Gasteiger partial charge is 0.251 e. The molecule has 0 aliphatic rings. The first-order valence-corrected chi connectivity index (χ1v) is 10.3. The van der Waals surface area contributed by atoms with E-state index in [9.17, 15) is 19.7 Å². The first kappa shape index (κ1) is 25.9. The van der Waals surface area contributed by atoms with Gasteiger partial charge in [-0.15, -0.1) is 0 Å². The lowest BCUT2D eigenvalue weighted by Crippen LogP contribution is -2.47. The molecule has 1 radical (unpaired) electrons. The summed E-state index contributed by atoms with van der Waals surface area (Å²) in [5.74, 6) is -0.612. The van der Waals surface area contributed by atoms with Crippen LogP contribution >= 0.6 is 0 Å². The molecule has 0 saturated carbocycles. The van der Waals surface area contributed by atoms with E-state index in [1.165, 1.54) is 0 Å². The van der Waals surface area contributed by atoms with Gasteiger partial charge in [-0.05, 0) is 50.2 Å². The maximum absolute atomic E-state index is 12.6. The van der Waals surface area contributed by atoms with Crippen LogP contribution in [-0.2, 0) is 16.0 Å². The number of hydrogen-bond acceptors (Lipinski definition) is 5. The Hall–Kier alpha value is -3.17. The number of nitrogens with one attached hydrogen (secondary N) is 5. The van der Waals surface area contributed by atoms with Crippen molar-refractivity contribution >= 4 is 17.8 Å². The summed E-state index contributed by atoms with van der Waals surface area (Å²) < 4.78 is 0. The molecule has 0 unspecified atom stereocenters. The van der Waals surface area contributed by atoms with Crippen LogP contribution in [0.4, 0.5) is 0 Å². The fraction of sp³-hybridized carbons (Fsp3) is 0.524. The molecule has 5 N–H and O–H groups in total. The Kier molecular flexibility index (Phi) is 11.0. The SMILES string of the molecule is Cc1ccc(C)c(CC(=O)N[C@@H](CCCNC(=N)N[N+](=O)[O-])C(=O)N[CH]CC(C)C)c1. The molecule has 1 aromatic rings. The van der Waals surface area contributed by atoms with Crippen molar-refractivity contribution in [3.63, 3.8) is 0 Å². The number of nitro groups is 1. The zero-order chi connectivity index (χ0) is 23.4. The molecule has 0 saturated heterocycles. The minimum atomic E-state index is -0.830. The third kappa shape index (κ3) is 11.0. The number of carbonyl (C=O) groups excluding carboxylic acids is 2. The molecule has 10 heteroatoms. The number of hydrogen-bond donors (Lipinski definition) is 5. The number of guanidine groups is 1. The Morgan fingerprint density at radius 3 is 2.61 bits per heavy atom. The van der Waals surface area contributed by atoms with Gasteiger partial charge in [-0.1, -0.05) is 43.0 Å². The van der Waals surface area contributed by atoms with Crippen molar-refractivity contribution in [3.8, 4) is 0 Å². The van der Waals surface area contributed by atoms with E-state index in [1.54, 1.807) is 12.0 Å². The van der Waals surface area contributed by atoms with E-state index < -0.39 is 17.0 Å². The summed E-state index contributed by atoms with van der Waals surface area (Å²) in [5, 5.41) is 24.9. The largest absolute Gasteiger partial charge is 0.352 e. The maximum atomic E-state index is 12.6. The summed E-state index contributed by atoms with van der Waals surface area (Å²) in [5.41, 5.74) is 4.67.